The maximum absolute atomic E-state index is 12.5. The van der Waals surface area contributed by atoms with Crippen LogP contribution in [0.15, 0.2) is 42.5 Å². The molecule has 0 saturated carbocycles. The number of para-hydroxylation sites is 2. The van der Waals surface area contributed by atoms with Gasteiger partial charge in [0.05, 0.1) is 18.0 Å². The van der Waals surface area contributed by atoms with Gasteiger partial charge in [-0.2, -0.15) is 0 Å². The lowest BCUT2D eigenvalue weighted by molar-refractivity contribution is -0.115. The van der Waals surface area contributed by atoms with Gasteiger partial charge in [-0.05, 0) is 31.2 Å². The molecule has 1 heterocycles. The van der Waals surface area contributed by atoms with Crippen molar-refractivity contribution in [3.63, 3.8) is 0 Å². The quantitative estimate of drug-likeness (QED) is 0.746. The summed E-state index contributed by atoms with van der Waals surface area (Å²) in [5.41, 5.74) is 1.64. The number of nitrogens with zero attached hydrogens (tertiary/aromatic N) is 1. The molecule has 1 aliphatic heterocycles. The third-order valence-electron chi connectivity index (χ3n) is 3.52. The molecule has 0 aromatic heterocycles. The first kappa shape index (κ1) is 16.5. The van der Waals surface area contributed by atoms with Crippen LogP contribution in [0.4, 0.5) is 5.69 Å². The van der Waals surface area contributed by atoms with Gasteiger partial charge in [-0.1, -0.05) is 41.4 Å². The molecule has 0 unspecified atom stereocenters. The van der Waals surface area contributed by atoms with Crippen LogP contribution in [0.3, 0.4) is 0 Å². The van der Waals surface area contributed by atoms with Gasteiger partial charge in [-0.3, -0.25) is 9.69 Å². The Kier molecular flexibility index (Phi) is 5.05. The number of hydrogen-bond donors (Lipinski definition) is 0. The SMILES string of the molecule is CCOc1ccccc1N1C(=O)CS[C@H]1c1ccc(Cl)cc1Cl. The van der Waals surface area contributed by atoms with Crippen molar-refractivity contribution in [1.29, 1.82) is 0 Å². The van der Waals surface area contributed by atoms with Crippen LogP contribution in [0, 0.1) is 0 Å². The van der Waals surface area contributed by atoms with E-state index in [2.05, 4.69) is 0 Å². The molecule has 3 nitrogen and oxygen atoms in total. The van der Waals surface area contributed by atoms with Crippen molar-refractivity contribution in [2.24, 2.45) is 0 Å². The van der Waals surface area contributed by atoms with Crippen molar-refractivity contribution in [2.45, 2.75) is 12.3 Å². The molecule has 2 aromatic carbocycles. The second kappa shape index (κ2) is 7.04. The Morgan fingerprint density at radius 1 is 1.26 bits per heavy atom. The summed E-state index contributed by atoms with van der Waals surface area (Å²) in [7, 11) is 0. The standard InChI is InChI=1S/C17H15Cl2NO2S/c1-2-22-15-6-4-3-5-14(15)20-16(21)10-23-17(20)12-8-7-11(18)9-13(12)19/h3-9,17H,2,10H2,1H3/t17-/m0/s1. The minimum Gasteiger partial charge on any atom is -0.492 e. The number of benzene rings is 2. The number of hydrogen-bond acceptors (Lipinski definition) is 3. The third kappa shape index (κ3) is 3.30. The number of thioether (sulfide) groups is 1. The number of anilines is 1. The Labute approximate surface area is 149 Å². The van der Waals surface area contributed by atoms with Gasteiger partial charge in [0.1, 0.15) is 11.1 Å². The summed E-state index contributed by atoms with van der Waals surface area (Å²) in [5, 5.41) is 0.951. The molecule has 1 saturated heterocycles. The van der Waals surface area contributed by atoms with E-state index in [1.165, 1.54) is 0 Å². The summed E-state index contributed by atoms with van der Waals surface area (Å²) in [6.45, 7) is 2.46. The Balaban J connectivity index is 2.04. The highest BCUT2D eigenvalue weighted by atomic mass is 35.5. The topological polar surface area (TPSA) is 29.5 Å². The summed E-state index contributed by atoms with van der Waals surface area (Å²) in [6, 6.07) is 12.9. The molecule has 0 radical (unpaired) electrons. The molecular formula is C17H15Cl2NO2S. The lowest BCUT2D eigenvalue weighted by atomic mass is 10.1. The highest BCUT2D eigenvalue weighted by Gasteiger charge is 2.36. The van der Waals surface area contributed by atoms with Crippen LogP contribution in [0.2, 0.25) is 10.0 Å². The molecule has 23 heavy (non-hydrogen) atoms. The van der Waals surface area contributed by atoms with Gasteiger partial charge in [-0.25, -0.2) is 0 Å². The Morgan fingerprint density at radius 2 is 2.04 bits per heavy atom. The predicted molar refractivity (Wildman–Crippen MR) is 96.8 cm³/mol. The number of rotatable bonds is 4. The van der Waals surface area contributed by atoms with E-state index in [1.54, 1.807) is 28.8 Å². The van der Waals surface area contributed by atoms with E-state index in [0.717, 1.165) is 11.3 Å². The van der Waals surface area contributed by atoms with Gasteiger partial charge in [0.15, 0.2) is 0 Å². The van der Waals surface area contributed by atoms with E-state index in [4.69, 9.17) is 27.9 Å². The molecule has 2 aromatic rings. The summed E-state index contributed by atoms with van der Waals surface area (Å²) in [5.74, 6) is 1.14. The fraction of sp³-hybridized carbons (Fsp3) is 0.235. The lowest BCUT2D eigenvalue weighted by Crippen LogP contribution is -2.28. The largest absolute Gasteiger partial charge is 0.492 e. The van der Waals surface area contributed by atoms with Gasteiger partial charge in [0.25, 0.3) is 0 Å². The average molecular weight is 368 g/mol. The average Bonchev–Trinajstić information content (AvgIpc) is 2.90. The summed E-state index contributed by atoms with van der Waals surface area (Å²) < 4.78 is 5.67. The fourth-order valence-electron chi connectivity index (χ4n) is 2.55. The monoisotopic (exact) mass is 367 g/mol. The number of halogens is 2. The van der Waals surface area contributed by atoms with Crippen LogP contribution >= 0.6 is 35.0 Å². The molecule has 1 fully saturated rings. The first-order chi connectivity index (χ1) is 11.1. The summed E-state index contributed by atoms with van der Waals surface area (Å²) in [4.78, 5) is 14.2. The van der Waals surface area contributed by atoms with Gasteiger partial charge >= 0.3 is 0 Å². The van der Waals surface area contributed by atoms with Crippen molar-refractivity contribution in [1.82, 2.24) is 0 Å². The van der Waals surface area contributed by atoms with E-state index in [0.29, 0.717) is 28.2 Å². The zero-order valence-corrected chi connectivity index (χ0v) is 14.8. The van der Waals surface area contributed by atoms with E-state index in [-0.39, 0.29) is 11.3 Å². The second-order valence-electron chi connectivity index (χ2n) is 4.99. The number of ether oxygens (including phenoxy) is 1. The molecule has 0 spiro atoms. The predicted octanol–water partition coefficient (Wildman–Crippen LogP) is 5.17. The summed E-state index contributed by atoms with van der Waals surface area (Å²) in [6.07, 6.45) is 0. The molecule has 1 aliphatic rings. The van der Waals surface area contributed by atoms with Crippen LogP contribution in [0.1, 0.15) is 17.9 Å². The van der Waals surface area contributed by atoms with E-state index in [1.807, 2.05) is 37.3 Å². The normalized spacial score (nSPS) is 17.6. The third-order valence-corrected chi connectivity index (χ3v) is 5.28. The highest BCUT2D eigenvalue weighted by molar-refractivity contribution is 8.00. The molecule has 3 rings (SSSR count). The smallest absolute Gasteiger partial charge is 0.238 e. The number of amides is 1. The van der Waals surface area contributed by atoms with Crippen molar-refractivity contribution >= 4 is 46.6 Å². The molecule has 1 atom stereocenters. The molecular weight excluding hydrogens is 353 g/mol. The van der Waals surface area contributed by atoms with Crippen LogP contribution in [-0.4, -0.2) is 18.3 Å². The van der Waals surface area contributed by atoms with Crippen LogP contribution in [0.25, 0.3) is 0 Å². The Bertz CT molecular complexity index is 738. The molecule has 120 valence electrons. The molecule has 0 bridgehead atoms. The lowest BCUT2D eigenvalue weighted by Gasteiger charge is -2.26. The Hall–Kier alpha value is -1.36. The first-order valence-electron chi connectivity index (χ1n) is 7.22. The van der Waals surface area contributed by atoms with Crippen LogP contribution in [0.5, 0.6) is 5.75 Å². The number of carbonyl (C=O) groups excluding carboxylic acids is 1. The molecule has 0 N–H and O–H groups in total. The number of carbonyl (C=O) groups is 1. The van der Waals surface area contributed by atoms with Crippen molar-refractivity contribution in [3.05, 3.63) is 58.1 Å². The van der Waals surface area contributed by atoms with Crippen LogP contribution < -0.4 is 9.64 Å². The minimum atomic E-state index is -0.186. The maximum Gasteiger partial charge on any atom is 0.238 e. The zero-order chi connectivity index (χ0) is 16.4. The minimum absolute atomic E-state index is 0.0400. The zero-order valence-electron chi connectivity index (χ0n) is 12.5. The fourth-order valence-corrected chi connectivity index (χ4v) is 4.33. The first-order valence-corrected chi connectivity index (χ1v) is 9.02. The van der Waals surface area contributed by atoms with Crippen molar-refractivity contribution < 1.29 is 9.53 Å². The highest BCUT2D eigenvalue weighted by Crippen LogP contribution is 2.46. The van der Waals surface area contributed by atoms with E-state index in [9.17, 15) is 4.79 Å². The molecule has 6 heteroatoms. The summed E-state index contributed by atoms with van der Waals surface area (Å²) >= 11 is 13.9. The van der Waals surface area contributed by atoms with Crippen molar-refractivity contribution in [3.8, 4) is 5.75 Å². The van der Waals surface area contributed by atoms with E-state index < -0.39 is 0 Å². The van der Waals surface area contributed by atoms with Gasteiger partial charge in [0.2, 0.25) is 5.91 Å². The Morgan fingerprint density at radius 3 is 2.78 bits per heavy atom. The van der Waals surface area contributed by atoms with Gasteiger partial charge in [-0.15, -0.1) is 11.8 Å². The molecule has 1 amide bonds. The van der Waals surface area contributed by atoms with Gasteiger partial charge in [0, 0.05) is 15.6 Å². The van der Waals surface area contributed by atoms with Crippen LogP contribution in [-0.2, 0) is 4.79 Å². The van der Waals surface area contributed by atoms with Gasteiger partial charge < -0.3 is 4.74 Å². The molecule has 0 aliphatic carbocycles. The maximum atomic E-state index is 12.5. The van der Waals surface area contributed by atoms with E-state index >= 15 is 0 Å². The van der Waals surface area contributed by atoms with Crippen molar-refractivity contribution in [2.75, 3.05) is 17.3 Å². The second-order valence-corrected chi connectivity index (χ2v) is 6.91.